The lowest BCUT2D eigenvalue weighted by Gasteiger charge is -2.22. The predicted molar refractivity (Wildman–Crippen MR) is 71.6 cm³/mol. The number of hydrogen-bond donors (Lipinski definition) is 2. The standard InChI is InChI=1S/C11H15N5O2S/c17-19(18)3-1-8(2-4-19)5-12-10-9-6-15-16-11(9)14-7-13-10/h6-8H,1-5H2,(H2,12,13,14,15,16). The second-order valence-electron chi connectivity index (χ2n) is 4.83. The summed E-state index contributed by atoms with van der Waals surface area (Å²) in [6.07, 6.45) is 4.60. The van der Waals surface area contributed by atoms with Crippen LogP contribution in [0.2, 0.25) is 0 Å². The van der Waals surface area contributed by atoms with Crippen molar-refractivity contribution in [1.29, 1.82) is 0 Å². The van der Waals surface area contributed by atoms with Gasteiger partial charge in [-0.1, -0.05) is 0 Å². The van der Waals surface area contributed by atoms with E-state index in [1.807, 2.05) is 0 Å². The number of sulfone groups is 1. The highest BCUT2D eigenvalue weighted by Gasteiger charge is 2.23. The van der Waals surface area contributed by atoms with Crippen molar-refractivity contribution < 1.29 is 8.42 Å². The molecular formula is C11H15N5O2S. The highest BCUT2D eigenvalue weighted by molar-refractivity contribution is 7.91. The Hall–Kier alpha value is -1.70. The van der Waals surface area contributed by atoms with Gasteiger partial charge >= 0.3 is 0 Å². The highest BCUT2D eigenvalue weighted by atomic mass is 32.2. The van der Waals surface area contributed by atoms with Crippen LogP contribution in [0.5, 0.6) is 0 Å². The van der Waals surface area contributed by atoms with Crippen molar-refractivity contribution in [2.75, 3.05) is 23.4 Å². The van der Waals surface area contributed by atoms with E-state index in [0.717, 1.165) is 30.6 Å². The van der Waals surface area contributed by atoms with E-state index in [0.29, 0.717) is 23.1 Å². The largest absolute Gasteiger partial charge is 0.369 e. The number of nitrogens with zero attached hydrogens (tertiary/aromatic N) is 3. The summed E-state index contributed by atoms with van der Waals surface area (Å²) in [6.45, 7) is 0.729. The molecule has 1 aliphatic rings. The molecule has 0 atom stereocenters. The van der Waals surface area contributed by atoms with E-state index >= 15 is 0 Å². The summed E-state index contributed by atoms with van der Waals surface area (Å²) in [5, 5.41) is 10.8. The molecule has 0 spiro atoms. The number of aromatic nitrogens is 4. The van der Waals surface area contributed by atoms with Crippen LogP contribution < -0.4 is 5.32 Å². The summed E-state index contributed by atoms with van der Waals surface area (Å²) in [6, 6.07) is 0. The molecule has 0 saturated carbocycles. The molecule has 0 aliphatic carbocycles. The smallest absolute Gasteiger partial charge is 0.160 e. The quantitative estimate of drug-likeness (QED) is 0.854. The molecule has 1 aliphatic heterocycles. The molecule has 3 rings (SSSR count). The van der Waals surface area contributed by atoms with Gasteiger partial charge in [0.25, 0.3) is 0 Å². The first-order chi connectivity index (χ1) is 9.14. The van der Waals surface area contributed by atoms with Gasteiger partial charge in [0.1, 0.15) is 22.0 Å². The molecule has 2 aromatic heterocycles. The Morgan fingerprint density at radius 2 is 2.11 bits per heavy atom. The van der Waals surface area contributed by atoms with Crippen molar-refractivity contribution in [3.05, 3.63) is 12.5 Å². The minimum Gasteiger partial charge on any atom is -0.369 e. The van der Waals surface area contributed by atoms with Crippen molar-refractivity contribution in [2.24, 2.45) is 5.92 Å². The lowest BCUT2D eigenvalue weighted by Crippen LogP contribution is -2.27. The maximum absolute atomic E-state index is 11.4. The number of rotatable bonds is 3. The normalized spacial score (nSPS) is 19.6. The van der Waals surface area contributed by atoms with Crippen LogP contribution in [-0.4, -0.2) is 46.6 Å². The molecule has 102 valence electrons. The van der Waals surface area contributed by atoms with Gasteiger partial charge < -0.3 is 5.32 Å². The molecule has 2 N–H and O–H groups in total. The Kier molecular flexibility index (Phi) is 3.09. The van der Waals surface area contributed by atoms with E-state index in [2.05, 4.69) is 25.5 Å². The van der Waals surface area contributed by atoms with Gasteiger partial charge in [-0.3, -0.25) is 5.10 Å². The van der Waals surface area contributed by atoms with E-state index in [-0.39, 0.29) is 0 Å². The zero-order chi connectivity index (χ0) is 13.3. The third-order valence-corrected chi connectivity index (χ3v) is 5.20. The van der Waals surface area contributed by atoms with E-state index in [9.17, 15) is 8.42 Å². The average Bonchev–Trinajstić information content (AvgIpc) is 2.86. The van der Waals surface area contributed by atoms with Crippen LogP contribution in [-0.2, 0) is 9.84 Å². The monoisotopic (exact) mass is 281 g/mol. The molecule has 0 bridgehead atoms. The number of H-pyrrole nitrogens is 1. The minimum absolute atomic E-state index is 0.296. The first kappa shape index (κ1) is 12.3. The zero-order valence-electron chi connectivity index (χ0n) is 10.3. The van der Waals surface area contributed by atoms with Gasteiger partial charge in [0.15, 0.2) is 5.65 Å². The number of fused-ring (bicyclic) bond motifs is 1. The Morgan fingerprint density at radius 1 is 1.32 bits per heavy atom. The first-order valence-electron chi connectivity index (χ1n) is 6.22. The maximum Gasteiger partial charge on any atom is 0.160 e. The molecule has 8 heteroatoms. The lowest BCUT2D eigenvalue weighted by atomic mass is 10.0. The average molecular weight is 281 g/mol. The van der Waals surface area contributed by atoms with Crippen LogP contribution in [0.25, 0.3) is 11.0 Å². The van der Waals surface area contributed by atoms with Crippen LogP contribution in [0.3, 0.4) is 0 Å². The predicted octanol–water partition coefficient (Wildman–Crippen LogP) is 0.590. The molecular weight excluding hydrogens is 266 g/mol. The summed E-state index contributed by atoms with van der Waals surface area (Å²) in [5.41, 5.74) is 0.698. The molecule has 0 unspecified atom stereocenters. The van der Waals surface area contributed by atoms with Gasteiger partial charge in [0.05, 0.1) is 23.1 Å². The number of anilines is 1. The molecule has 19 heavy (non-hydrogen) atoms. The van der Waals surface area contributed by atoms with Crippen LogP contribution >= 0.6 is 0 Å². The second kappa shape index (κ2) is 4.76. The van der Waals surface area contributed by atoms with Crippen LogP contribution in [0.15, 0.2) is 12.5 Å². The molecule has 3 heterocycles. The second-order valence-corrected chi connectivity index (χ2v) is 7.13. The number of nitrogens with one attached hydrogen (secondary N) is 2. The van der Waals surface area contributed by atoms with E-state index < -0.39 is 9.84 Å². The summed E-state index contributed by atoms with van der Waals surface area (Å²) in [5.74, 6) is 1.71. The lowest BCUT2D eigenvalue weighted by molar-refractivity contribution is 0.484. The fraction of sp³-hybridized carbons (Fsp3) is 0.545. The molecule has 0 radical (unpaired) electrons. The highest BCUT2D eigenvalue weighted by Crippen LogP contribution is 2.21. The van der Waals surface area contributed by atoms with E-state index in [1.54, 1.807) is 6.20 Å². The molecule has 0 amide bonds. The van der Waals surface area contributed by atoms with Crippen LogP contribution in [0, 0.1) is 5.92 Å². The fourth-order valence-electron chi connectivity index (χ4n) is 2.29. The zero-order valence-corrected chi connectivity index (χ0v) is 11.2. The third kappa shape index (κ3) is 2.67. The topological polar surface area (TPSA) is 101 Å². The van der Waals surface area contributed by atoms with Crippen LogP contribution in [0.1, 0.15) is 12.8 Å². The number of aromatic amines is 1. The fourth-order valence-corrected chi connectivity index (χ4v) is 3.88. The molecule has 0 aromatic carbocycles. The summed E-state index contributed by atoms with van der Waals surface area (Å²) >= 11 is 0. The third-order valence-electron chi connectivity index (χ3n) is 3.48. The van der Waals surface area contributed by atoms with Crippen LogP contribution in [0.4, 0.5) is 5.82 Å². The SMILES string of the molecule is O=S1(=O)CCC(CNc2ncnc3[nH]ncc23)CC1. The van der Waals surface area contributed by atoms with Crippen molar-refractivity contribution in [3.63, 3.8) is 0 Å². The molecule has 1 fully saturated rings. The van der Waals surface area contributed by atoms with Gasteiger partial charge in [-0.15, -0.1) is 0 Å². The Bertz CT molecular complexity index is 667. The van der Waals surface area contributed by atoms with E-state index in [4.69, 9.17) is 0 Å². The minimum atomic E-state index is -2.79. The van der Waals surface area contributed by atoms with Gasteiger partial charge in [0, 0.05) is 6.54 Å². The van der Waals surface area contributed by atoms with E-state index in [1.165, 1.54) is 6.33 Å². The van der Waals surface area contributed by atoms with Gasteiger partial charge in [-0.25, -0.2) is 18.4 Å². The summed E-state index contributed by atoms with van der Waals surface area (Å²) in [7, 11) is -2.79. The van der Waals surface area contributed by atoms with Crippen molar-refractivity contribution in [1.82, 2.24) is 20.2 Å². The van der Waals surface area contributed by atoms with Crippen molar-refractivity contribution >= 4 is 26.7 Å². The molecule has 1 saturated heterocycles. The van der Waals surface area contributed by atoms with Gasteiger partial charge in [-0.05, 0) is 18.8 Å². The molecule has 2 aromatic rings. The Balaban J connectivity index is 1.65. The first-order valence-corrected chi connectivity index (χ1v) is 8.04. The Morgan fingerprint density at radius 3 is 2.89 bits per heavy atom. The summed E-state index contributed by atoms with van der Waals surface area (Å²) in [4.78, 5) is 8.26. The van der Waals surface area contributed by atoms with Crippen molar-refractivity contribution in [3.8, 4) is 0 Å². The van der Waals surface area contributed by atoms with Crippen molar-refractivity contribution in [2.45, 2.75) is 12.8 Å². The van der Waals surface area contributed by atoms with Gasteiger partial charge in [0.2, 0.25) is 0 Å². The Labute approximate surface area is 110 Å². The maximum atomic E-state index is 11.4. The molecule has 7 nitrogen and oxygen atoms in total. The summed E-state index contributed by atoms with van der Waals surface area (Å²) < 4.78 is 22.7. The number of hydrogen-bond acceptors (Lipinski definition) is 6. The van der Waals surface area contributed by atoms with Gasteiger partial charge in [-0.2, -0.15) is 5.10 Å².